The van der Waals surface area contributed by atoms with Gasteiger partial charge in [-0.1, -0.05) is 13.3 Å². The van der Waals surface area contributed by atoms with E-state index in [1.165, 1.54) is 4.90 Å². The number of ether oxygens (including phenoxy) is 1. The van der Waals surface area contributed by atoms with Gasteiger partial charge in [0.25, 0.3) is 0 Å². The highest BCUT2D eigenvalue weighted by molar-refractivity contribution is 5.75. The zero-order chi connectivity index (χ0) is 9.52. The molecule has 0 N–H and O–H groups in total. The van der Waals surface area contributed by atoms with E-state index < -0.39 is 0 Å². The van der Waals surface area contributed by atoms with Crippen molar-refractivity contribution in [3.05, 3.63) is 12.4 Å². The first-order valence-electron chi connectivity index (χ1n) is 4.46. The number of nitrogens with zero attached hydrogens (tertiary/aromatic N) is 2. The van der Waals surface area contributed by atoms with Crippen molar-refractivity contribution in [1.29, 1.82) is 0 Å². The van der Waals surface area contributed by atoms with Crippen molar-refractivity contribution >= 4 is 12.3 Å². The monoisotopic (exact) mass is 182 g/mol. The van der Waals surface area contributed by atoms with E-state index in [0.717, 1.165) is 12.8 Å². The van der Waals surface area contributed by atoms with Gasteiger partial charge in [0.1, 0.15) is 0 Å². The lowest BCUT2D eigenvalue weighted by atomic mass is 10.4. The van der Waals surface area contributed by atoms with E-state index in [-0.39, 0.29) is 6.09 Å². The average molecular weight is 182 g/mol. The predicted octanol–water partition coefficient (Wildman–Crippen LogP) is 1.78. The van der Waals surface area contributed by atoms with Crippen molar-refractivity contribution in [2.75, 3.05) is 13.2 Å². The van der Waals surface area contributed by atoms with Gasteiger partial charge in [-0.3, -0.25) is 9.89 Å². The van der Waals surface area contributed by atoms with Crippen LogP contribution < -0.4 is 0 Å². The van der Waals surface area contributed by atoms with Crippen LogP contribution in [0.2, 0.25) is 0 Å². The van der Waals surface area contributed by atoms with E-state index in [1.807, 2.05) is 0 Å². The van der Waals surface area contributed by atoms with E-state index in [4.69, 9.17) is 4.74 Å². The van der Waals surface area contributed by atoms with Gasteiger partial charge in [-0.25, -0.2) is 4.79 Å². The number of rotatable bonds is 3. The topological polar surface area (TPSA) is 41.9 Å². The van der Waals surface area contributed by atoms with Crippen molar-refractivity contribution in [3.8, 4) is 0 Å². The molecule has 4 heteroatoms. The Balaban J connectivity index is 2.23. The highest BCUT2D eigenvalue weighted by Gasteiger charge is 2.11. The van der Waals surface area contributed by atoms with Crippen molar-refractivity contribution in [2.45, 2.75) is 19.8 Å². The Morgan fingerprint density at radius 3 is 3.15 bits per heavy atom. The molecule has 1 heterocycles. The predicted molar refractivity (Wildman–Crippen MR) is 50.6 cm³/mol. The maximum atomic E-state index is 11.3. The molecule has 0 spiro atoms. The molecule has 1 amide bonds. The van der Waals surface area contributed by atoms with E-state index in [9.17, 15) is 4.79 Å². The van der Waals surface area contributed by atoms with E-state index >= 15 is 0 Å². The van der Waals surface area contributed by atoms with Crippen LogP contribution in [0.15, 0.2) is 17.4 Å². The lowest BCUT2D eigenvalue weighted by Gasteiger charge is -2.16. The second kappa shape index (κ2) is 5.35. The van der Waals surface area contributed by atoms with Crippen LogP contribution in [0.5, 0.6) is 0 Å². The zero-order valence-corrected chi connectivity index (χ0v) is 7.77. The van der Waals surface area contributed by atoms with Gasteiger partial charge in [0, 0.05) is 18.6 Å². The molecule has 0 bridgehead atoms. The SMILES string of the molecule is CCCCOC(=O)N1C=CN=CC1. The second-order valence-corrected chi connectivity index (χ2v) is 2.75. The summed E-state index contributed by atoms with van der Waals surface area (Å²) in [7, 11) is 0. The Morgan fingerprint density at radius 2 is 2.54 bits per heavy atom. The summed E-state index contributed by atoms with van der Waals surface area (Å²) in [6.07, 6.45) is 6.51. The number of carbonyl (C=O) groups excluding carboxylic acids is 1. The fourth-order valence-corrected chi connectivity index (χ4v) is 0.898. The van der Waals surface area contributed by atoms with Crippen molar-refractivity contribution in [2.24, 2.45) is 4.99 Å². The second-order valence-electron chi connectivity index (χ2n) is 2.75. The number of unbranched alkanes of at least 4 members (excludes halogenated alkanes) is 1. The van der Waals surface area contributed by atoms with Gasteiger partial charge in [0.2, 0.25) is 0 Å². The Hall–Kier alpha value is -1.32. The molecule has 0 aromatic rings. The molecule has 0 saturated heterocycles. The summed E-state index contributed by atoms with van der Waals surface area (Å²) in [4.78, 5) is 16.6. The minimum Gasteiger partial charge on any atom is -0.449 e. The summed E-state index contributed by atoms with van der Waals surface area (Å²) in [5, 5.41) is 0. The van der Waals surface area contributed by atoms with Gasteiger partial charge < -0.3 is 4.74 Å². The highest BCUT2D eigenvalue weighted by atomic mass is 16.6. The first kappa shape index (κ1) is 9.77. The smallest absolute Gasteiger partial charge is 0.414 e. The number of carbonyl (C=O) groups is 1. The number of amides is 1. The molecule has 0 atom stereocenters. The van der Waals surface area contributed by atoms with E-state index in [2.05, 4.69) is 11.9 Å². The molecule has 0 fully saturated rings. The lowest BCUT2D eigenvalue weighted by molar-refractivity contribution is 0.119. The molecule has 4 nitrogen and oxygen atoms in total. The van der Waals surface area contributed by atoms with Crippen LogP contribution in [0, 0.1) is 0 Å². The highest BCUT2D eigenvalue weighted by Crippen LogP contribution is 1.99. The number of aliphatic imine (C=N–C) groups is 1. The van der Waals surface area contributed by atoms with Gasteiger partial charge in [0.15, 0.2) is 0 Å². The third kappa shape index (κ3) is 3.27. The minimum atomic E-state index is -0.296. The van der Waals surface area contributed by atoms with Crippen LogP contribution in [0.25, 0.3) is 0 Å². The molecule has 0 unspecified atom stereocenters. The summed E-state index contributed by atoms with van der Waals surface area (Å²) in [5.41, 5.74) is 0. The number of hydrogen-bond donors (Lipinski definition) is 0. The summed E-state index contributed by atoms with van der Waals surface area (Å²) in [6.45, 7) is 3.06. The summed E-state index contributed by atoms with van der Waals surface area (Å²) >= 11 is 0. The molecule has 1 aliphatic rings. The standard InChI is InChI=1S/C9H14N2O2/c1-2-3-8-13-9(12)11-6-4-10-5-7-11/h4-6H,2-3,7-8H2,1H3. The van der Waals surface area contributed by atoms with Crippen LogP contribution >= 0.6 is 0 Å². The Morgan fingerprint density at radius 1 is 1.69 bits per heavy atom. The molecule has 1 rings (SSSR count). The molecule has 0 saturated carbocycles. The first-order chi connectivity index (χ1) is 6.34. The van der Waals surface area contributed by atoms with Crippen molar-refractivity contribution in [1.82, 2.24) is 4.90 Å². The first-order valence-corrected chi connectivity index (χ1v) is 4.46. The van der Waals surface area contributed by atoms with Crippen molar-refractivity contribution < 1.29 is 9.53 Å². The molecular formula is C9H14N2O2. The largest absolute Gasteiger partial charge is 0.449 e. The Kier molecular flexibility index (Phi) is 4.02. The fraction of sp³-hybridized carbons (Fsp3) is 0.556. The maximum absolute atomic E-state index is 11.3. The van der Waals surface area contributed by atoms with Gasteiger partial charge >= 0.3 is 6.09 Å². The molecular weight excluding hydrogens is 168 g/mol. The van der Waals surface area contributed by atoms with Gasteiger partial charge in [-0.15, -0.1) is 0 Å². The summed E-state index contributed by atoms with van der Waals surface area (Å²) in [5.74, 6) is 0. The molecule has 13 heavy (non-hydrogen) atoms. The molecule has 1 aliphatic heterocycles. The van der Waals surface area contributed by atoms with Gasteiger partial charge in [-0.05, 0) is 6.42 Å². The normalized spacial score (nSPS) is 14.7. The maximum Gasteiger partial charge on any atom is 0.414 e. The summed E-state index contributed by atoms with van der Waals surface area (Å²) < 4.78 is 5.00. The lowest BCUT2D eigenvalue weighted by Crippen LogP contribution is -2.29. The van der Waals surface area contributed by atoms with Crippen molar-refractivity contribution in [3.63, 3.8) is 0 Å². The molecule has 0 aromatic carbocycles. The van der Waals surface area contributed by atoms with Crippen LogP contribution in [0.1, 0.15) is 19.8 Å². The van der Waals surface area contributed by atoms with Crippen LogP contribution in [0.4, 0.5) is 4.79 Å². The molecule has 0 aliphatic carbocycles. The number of hydrogen-bond acceptors (Lipinski definition) is 3. The molecule has 0 aromatic heterocycles. The van der Waals surface area contributed by atoms with Crippen LogP contribution in [0.3, 0.4) is 0 Å². The average Bonchev–Trinajstić information content (AvgIpc) is 2.19. The van der Waals surface area contributed by atoms with Gasteiger partial charge in [0.05, 0.1) is 13.2 Å². The zero-order valence-electron chi connectivity index (χ0n) is 7.77. The fourth-order valence-electron chi connectivity index (χ4n) is 0.898. The van der Waals surface area contributed by atoms with E-state index in [0.29, 0.717) is 13.2 Å². The third-order valence-corrected chi connectivity index (χ3v) is 1.67. The van der Waals surface area contributed by atoms with Gasteiger partial charge in [-0.2, -0.15) is 0 Å². The third-order valence-electron chi connectivity index (χ3n) is 1.67. The molecule has 72 valence electrons. The Bertz CT molecular complexity index is 224. The van der Waals surface area contributed by atoms with Crippen LogP contribution in [-0.2, 0) is 4.74 Å². The van der Waals surface area contributed by atoms with E-state index in [1.54, 1.807) is 18.6 Å². The molecule has 0 radical (unpaired) electrons. The summed E-state index contributed by atoms with van der Waals surface area (Å²) in [6, 6.07) is 0. The quantitative estimate of drug-likeness (QED) is 0.624. The minimum absolute atomic E-state index is 0.296. The van der Waals surface area contributed by atoms with Crippen LogP contribution in [-0.4, -0.2) is 30.4 Å². The Labute approximate surface area is 77.9 Å².